The first-order chi connectivity index (χ1) is 7.90. The number of hydrogen-bond donors (Lipinski definition) is 1. The lowest BCUT2D eigenvalue weighted by Crippen LogP contribution is -2.41. The van der Waals surface area contributed by atoms with Crippen LogP contribution in [0.25, 0.3) is 0 Å². The molecule has 4 nitrogen and oxygen atoms in total. The van der Waals surface area contributed by atoms with Crippen LogP contribution in [0.2, 0.25) is 0 Å². The van der Waals surface area contributed by atoms with Crippen LogP contribution in [-0.4, -0.2) is 11.1 Å². The van der Waals surface area contributed by atoms with Crippen LogP contribution in [-0.2, 0) is 10.3 Å². The molecular weight excluding hydrogens is 216 g/mol. The minimum Gasteiger partial charge on any atom is -0.361 e. The Balaban J connectivity index is 2.09. The minimum absolute atomic E-state index is 0.123. The van der Waals surface area contributed by atoms with Crippen molar-refractivity contribution in [2.45, 2.75) is 52.5 Å². The molecule has 0 aromatic carbocycles. The summed E-state index contributed by atoms with van der Waals surface area (Å²) in [4.78, 5) is 11.9. The average Bonchev–Trinajstić information content (AvgIpc) is 2.90. The van der Waals surface area contributed by atoms with Crippen molar-refractivity contribution in [3.63, 3.8) is 0 Å². The maximum atomic E-state index is 11.9. The summed E-state index contributed by atoms with van der Waals surface area (Å²) in [5, 5.41) is 7.01. The van der Waals surface area contributed by atoms with Gasteiger partial charge in [-0.05, 0) is 46.5 Å². The zero-order valence-corrected chi connectivity index (χ0v) is 11.0. The Morgan fingerprint density at radius 1 is 1.47 bits per heavy atom. The van der Waals surface area contributed by atoms with Crippen molar-refractivity contribution >= 4 is 5.91 Å². The van der Waals surface area contributed by atoms with E-state index >= 15 is 0 Å². The highest BCUT2D eigenvalue weighted by atomic mass is 16.5. The largest absolute Gasteiger partial charge is 0.361 e. The molecule has 17 heavy (non-hydrogen) atoms. The quantitative estimate of drug-likeness (QED) is 0.873. The van der Waals surface area contributed by atoms with Gasteiger partial charge in [0.25, 0.3) is 0 Å². The van der Waals surface area contributed by atoms with Crippen LogP contribution in [0.1, 0.15) is 50.1 Å². The molecule has 0 bridgehead atoms. The zero-order valence-electron chi connectivity index (χ0n) is 11.0. The highest BCUT2D eigenvalue weighted by molar-refractivity contribution is 5.77. The van der Waals surface area contributed by atoms with E-state index in [1.807, 2.05) is 27.7 Å². The molecular formula is C13H20N2O2. The first-order valence-corrected chi connectivity index (χ1v) is 6.14. The number of aromatic nitrogens is 1. The molecule has 2 rings (SSSR count). The molecule has 0 radical (unpaired) electrons. The first kappa shape index (κ1) is 12.1. The molecule has 1 aromatic rings. The Morgan fingerprint density at radius 2 is 2.12 bits per heavy atom. The van der Waals surface area contributed by atoms with Crippen LogP contribution in [0.15, 0.2) is 4.52 Å². The van der Waals surface area contributed by atoms with E-state index in [0.29, 0.717) is 12.3 Å². The van der Waals surface area contributed by atoms with E-state index in [4.69, 9.17) is 4.52 Å². The van der Waals surface area contributed by atoms with Gasteiger partial charge < -0.3 is 9.84 Å². The van der Waals surface area contributed by atoms with Gasteiger partial charge in [0.05, 0.1) is 11.2 Å². The van der Waals surface area contributed by atoms with E-state index in [9.17, 15) is 4.79 Å². The van der Waals surface area contributed by atoms with E-state index in [0.717, 1.165) is 17.0 Å². The summed E-state index contributed by atoms with van der Waals surface area (Å²) in [6.45, 7) is 7.76. The smallest absolute Gasteiger partial charge is 0.220 e. The minimum atomic E-state index is -0.417. The van der Waals surface area contributed by atoms with Gasteiger partial charge in [-0.2, -0.15) is 0 Å². The standard InChI is InChI=1S/C13H20N2O2/c1-8-12(9(2)17-15-8)13(3,4)14-11(16)7-10-5-6-10/h10H,5-7H2,1-4H3,(H,14,16). The molecule has 1 fully saturated rings. The van der Waals surface area contributed by atoms with Gasteiger partial charge in [-0.25, -0.2) is 0 Å². The highest BCUT2D eigenvalue weighted by Gasteiger charge is 2.31. The monoisotopic (exact) mass is 236 g/mol. The fourth-order valence-electron chi connectivity index (χ4n) is 2.42. The van der Waals surface area contributed by atoms with Crippen molar-refractivity contribution in [1.82, 2.24) is 10.5 Å². The molecule has 0 aliphatic heterocycles. The number of nitrogens with one attached hydrogen (secondary N) is 1. The number of nitrogens with zero attached hydrogens (tertiary/aromatic N) is 1. The topological polar surface area (TPSA) is 55.1 Å². The van der Waals surface area contributed by atoms with Gasteiger partial charge in [0, 0.05) is 12.0 Å². The van der Waals surface area contributed by atoms with E-state index in [-0.39, 0.29) is 5.91 Å². The molecule has 1 saturated carbocycles. The Morgan fingerprint density at radius 3 is 2.59 bits per heavy atom. The van der Waals surface area contributed by atoms with Crippen molar-refractivity contribution in [3.8, 4) is 0 Å². The van der Waals surface area contributed by atoms with E-state index < -0.39 is 5.54 Å². The fraction of sp³-hybridized carbons (Fsp3) is 0.692. The molecule has 4 heteroatoms. The third-order valence-electron chi connectivity index (χ3n) is 3.28. The molecule has 0 spiro atoms. The van der Waals surface area contributed by atoms with Crippen molar-refractivity contribution in [1.29, 1.82) is 0 Å². The van der Waals surface area contributed by atoms with E-state index in [1.165, 1.54) is 12.8 Å². The third kappa shape index (κ3) is 2.68. The van der Waals surface area contributed by atoms with Gasteiger partial charge in [-0.1, -0.05) is 5.16 Å². The number of aryl methyl sites for hydroxylation is 2. The fourth-order valence-corrected chi connectivity index (χ4v) is 2.42. The second-order valence-corrected chi connectivity index (χ2v) is 5.52. The Hall–Kier alpha value is -1.32. The predicted molar refractivity (Wildman–Crippen MR) is 64.5 cm³/mol. The van der Waals surface area contributed by atoms with Gasteiger partial charge >= 0.3 is 0 Å². The number of carbonyl (C=O) groups excluding carboxylic acids is 1. The molecule has 0 atom stereocenters. The third-order valence-corrected chi connectivity index (χ3v) is 3.28. The normalized spacial score (nSPS) is 16.0. The summed E-state index contributed by atoms with van der Waals surface area (Å²) >= 11 is 0. The molecule has 0 saturated heterocycles. The summed E-state index contributed by atoms with van der Waals surface area (Å²) in [6.07, 6.45) is 3.03. The lowest BCUT2D eigenvalue weighted by Gasteiger charge is -2.26. The van der Waals surface area contributed by atoms with Crippen molar-refractivity contribution in [3.05, 3.63) is 17.0 Å². The summed E-state index contributed by atoms with van der Waals surface area (Å²) in [6, 6.07) is 0. The second-order valence-electron chi connectivity index (χ2n) is 5.52. The number of carbonyl (C=O) groups is 1. The van der Waals surface area contributed by atoms with Gasteiger partial charge in [0.2, 0.25) is 5.91 Å². The van der Waals surface area contributed by atoms with Crippen molar-refractivity contribution in [2.24, 2.45) is 5.92 Å². The number of amides is 1. The molecule has 1 amide bonds. The summed E-state index contributed by atoms with van der Waals surface area (Å²) in [7, 11) is 0. The summed E-state index contributed by atoms with van der Waals surface area (Å²) in [5.74, 6) is 1.51. The van der Waals surface area contributed by atoms with Crippen LogP contribution in [0.5, 0.6) is 0 Å². The van der Waals surface area contributed by atoms with Gasteiger partial charge in [-0.15, -0.1) is 0 Å². The number of hydrogen-bond acceptors (Lipinski definition) is 3. The first-order valence-electron chi connectivity index (χ1n) is 6.14. The molecule has 1 heterocycles. The highest BCUT2D eigenvalue weighted by Crippen LogP contribution is 2.33. The predicted octanol–water partition coefficient (Wildman–Crippen LogP) is 2.44. The SMILES string of the molecule is Cc1noc(C)c1C(C)(C)NC(=O)CC1CC1. The average molecular weight is 236 g/mol. The molecule has 0 unspecified atom stereocenters. The Bertz CT molecular complexity index is 411. The van der Waals surface area contributed by atoms with Gasteiger partial charge in [-0.3, -0.25) is 4.79 Å². The van der Waals surface area contributed by atoms with Crippen LogP contribution in [0.4, 0.5) is 0 Å². The molecule has 1 aromatic heterocycles. The molecule has 1 aliphatic carbocycles. The summed E-state index contributed by atoms with van der Waals surface area (Å²) < 4.78 is 5.16. The zero-order chi connectivity index (χ0) is 12.6. The van der Waals surface area contributed by atoms with Crippen LogP contribution < -0.4 is 5.32 Å². The Labute approximate surface area is 102 Å². The van der Waals surface area contributed by atoms with Crippen LogP contribution in [0.3, 0.4) is 0 Å². The summed E-state index contributed by atoms with van der Waals surface area (Å²) in [5.41, 5.74) is 1.42. The van der Waals surface area contributed by atoms with Gasteiger partial charge in [0.15, 0.2) is 0 Å². The molecule has 1 N–H and O–H groups in total. The maximum Gasteiger partial charge on any atom is 0.220 e. The Kier molecular flexibility index (Phi) is 2.98. The van der Waals surface area contributed by atoms with Crippen LogP contribution in [0, 0.1) is 19.8 Å². The van der Waals surface area contributed by atoms with Crippen molar-refractivity contribution < 1.29 is 9.32 Å². The van der Waals surface area contributed by atoms with Crippen LogP contribution >= 0.6 is 0 Å². The second kappa shape index (κ2) is 4.17. The van der Waals surface area contributed by atoms with Gasteiger partial charge in [0.1, 0.15) is 5.76 Å². The number of rotatable bonds is 4. The molecule has 94 valence electrons. The molecule has 1 aliphatic rings. The van der Waals surface area contributed by atoms with Crippen molar-refractivity contribution in [2.75, 3.05) is 0 Å². The maximum absolute atomic E-state index is 11.9. The van der Waals surface area contributed by atoms with E-state index in [2.05, 4.69) is 10.5 Å². The lowest BCUT2D eigenvalue weighted by atomic mass is 9.92. The van der Waals surface area contributed by atoms with E-state index in [1.54, 1.807) is 0 Å². The lowest BCUT2D eigenvalue weighted by molar-refractivity contribution is -0.123.